The van der Waals surface area contributed by atoms with E-state index in [0.717, 1.165) is 11.3 Å². The summed E-state index contributed by atoms with van der Waals surface area (Å²) in [6.07, 6.45) is 4.61. The van der Waals surface area contributed by atoms with Crippen molar-refractivity contribution in [1.29, 1.82) is 0 Å². The van der Waals surface area contributed by atoms with Gasteiger partial charge in [0.05, 0.1) is 0 Å². The molecular formula is C16H20N2O3. The number of hydrogen-bond acceptors (Lipinski definition) is 3. The van der Waals surface area contributed by atoms with Crippen LogP contribution >= 0.6 is 0 Å². The molecule has 1 aromatic rings. The van der Waals surface area contributed by atoms with Crippen molar-refractivity contribution < 1.29 is 14.7 Å². The van der Waals surface area contributed by atoms with E-state index in [-0.39, 0.29) is 6.42 Å². The Balaban J connectivity index is 2.64. The van der Waals surface area contributed by atoms with E-state index in [9.17, 15) is 9.59 Å². The molecule has 0 bridgehead atoms. The molecule has 112 valence electrons. The van der Waals surface area contributed by atoms with Gasteiger partial charge in [0, 0.05) is 25.9 Å². The Labute approximate surface area is 124 Å². The molecule has 0 saturated heterocycles. The van der Waals surface area contributed by atoms with Crippen LogP contribution in [0.25, 0.3) is 6.08 Å². The van der Waals surface area contributed by atoms with Gasteiger partial charge in [-0.2, -0.15) is 0 Å². The summed E-state index contributed by atoms with van der Waals surface area (Å²) in [5.41, 5.74) is 1.93. The van der Waals surface area contributed by atoms with E-state index >= 15 is 0 Å². The molecule has 0 aromatic heterocycles. The molecule has 1 amide bonds. The van der Waals surface area contributed by atoms with Crippen LogP contribution in [0.2, 0.25) is 0 Å². The second-order valence-electron chi connectivity index (χ2n) is 4.74. The first-order valence-corrected chi connectivity index (χ1v) is 6.53. The molecule has 0 aliphatic carbocycles. The number of carboxylic acids is 1. The minimum Gasteiger partial charge on any atom is -0.480 e. The summed E-state index contributed by atoms with van der Waals surface area (Å²) in [5.74, 6) is -1.52. The second kappa shape index (κ2) is 7.89. The van der Waals surface area contributed by atoms with Crippen LogP contribution < -0.4 is 10.2 Å². The highest BCUT2D eigenvalue weighted by atomic mass is 16.4. The van der Waals surface area contributed by atoms with E-state index < -0.39 is 17.9 Å². The lowest BCUT2D eigenvalue weighted by Crippen LogP contribution is -2.39. The minimum atomic E-state index is -1.08. The van der Waals surface area contributed by atoms with E-state index in [1.54, 1.807) is 6.08 Å². The lowest BCUT2D eigenvalue weighted by molar-refractivity contribution is -0.141. The van der Waals surface area contributed by atoms with Crippen molar-refractivity contribution in [2.75, 3.05) is 19.0 Å². The number of nitrogens with zero attached hydrogens (tertiary/aromatic N) is 1. The lowest BCUT2D eigenvalue weighted by atomic mass is 10.1. The minimum absolute atomic E-state index is 0.187. The van der Waals surface area contributed by atoms with Crippen molar-refractivity contribution in [2.24, 2.45) is 0 Å². The molecule has 1 aromatic carbocycles. The van der Waals surface area contributed by atoms with E-state index in [1.807, 2.05) is 43.3 Å². The van der Waals surface area contributed by atoms with Crippen LogP contribution in [0.5, 0.6) is 0 Å². The third-order valence-electron chi connectivity index (χ3n) is 2.85. The van der Waals surface area contributed by atoms with Gasteiger partial charge in [0.1, 0.15) is 6.04 Å². The number of hydrogen-bond donors (Lipinski definition) is 2. The van der Waals surface area contributed by atoms with Crippen LogP contribution in [0.15, 0.2) is 43.0 Å². The third-order valence-corrected chi connectivity index (χ3v) is 2.85. The summed E-state index contributed by atoms with van der Waals surface area (Å²) in [5, 5.41) is 11.3. The van der Waals surface area contributed by atoms with Gasteiger partial charge in [0.2, 0.25) is 5.91 Å². The van der Waals surface area contributed by atoms with Crippen molar-refractivity contribution >= 4 is 23.6 Å². The van der Waals surface area contributed by atoms with Crippen molar-refractivity contribution in [1.82, 2.24) is 5.32 Å². The number of anilines is 1. The quantitative estimate of drug-likeness (QED) is 0.594. The maximum atomic E-state index is 11.7. The molecule has 0 aliphatic rings. The number of aliphatic carboxylic acids is 1. The number of carboxylic acid groups (broad SMARTS) is 1. The van der Waals surface area contributed by atoms with Crippen LogP contribution in [0.3, 0.4) is 0 Å². The van der Waals surface area contributed by atoms with Gasteiger partial charge >= 0.3 is 5.97 Å². The van der Waals surface area contributed by atoms with E-state index in [2.05, 4.69) is 11.9 Å². The van der Waals surface area contributed by atoms with Gasteiger partial charge in [-0.05, 0) is 30.2 Å². The van der Waals surface area contributed by atoms with Gasteiger partial charge in [-0.25, -0.2) is 4.79 Å². The zero-order valence-electron chi connectivity index (χ0n) is 12.2. The highest BCUT2D eigenvalue weighted by molar-refractivity contribution is 5.94. The standard InChI is InChI=1S/C16H20N2O3/c1-4-5-14(16(20)21)17-15(19)11-8-12-6-9-13(10-7-12)18(2)3/h4,6-11,14H,1,5H2,2-3H3,(H,17,19)(H,20,21)/b11-8+. The number of benzene rings is 1. The summed E-state index contributed by atoms with van der Waals surface area (Å²) in [6.45, 7) is 3.47. The first kappa shape index (κ1) is 16.5. The summed E-state index contributed by atoms with van der Waals surface area (Å²) in [6, 6.07) is 6.70. The van der Waals surface area contributed by atoms with Crippen LogP contribution in [0.1, 0.15) is 12.0 Å². The molecule has 0 fully saturated rings. The molecule has 1 rings (SSSR count). The van der Waals surface area contributed by atoms with E-state index in [4.69, 9.17) is 5.11 Å². The summed E-state index contributed by atoms with van der Waals surface area (Å²) < 4.78 is 0. The van der Waals surface area contributed by atoms with Gasteiger partial charge in [0.15, 0.2) is 0 Å². The van der Waals surface area contributed by atoms with Crippen molar-refractivity contribution in [3.8, 4) is 0 Å². The second-order valence-corrected chi connectivity index (χ2v) is 4.74. The fourth-order valence-electron chi connectivity index (χ4n) is 1.66. The average molecular weight is 288 g/mol. The van der Waals surface area contributed by atoms with Crippen LogP contribution in [-0.4, -0.2) is 37.1 Å². The number of carbonyl (C=O) groups excluding carboxylic acids is 1. The molecule has 2 N–H and O–H groups in total. The first-order valence-electron chi connectivity index (χ1n) is 6.53. The van der Waals surface area contributed by atoms with Crippen molar-refractivity contribution in [2.45, 2.75) is 12.5 Å². The number of nitrogens with one attached hydrogen (secondary N) is 1. The van der Waals surface area contributed by atoms with Crippen LogP contribution in [0.4, 0.5) is 5.69 Å². The molecule has 0 spiro atoms. The lowest BCUT2D eigenvalue weighted by Gasteiger charge is -2.12. The Morgan fingerprint density at radius 1 is 1.33 bits per heavy atom. The monoisotopic (exact) mass is 288 g/mol. The molecular weight excluding hydrogens is 268 g/mol. The fourth-order valence-corrected chi connectivity index (χ4v) is 1.66. The molecule has 0 aliphatic heterocycles. The van der Waals surface area contributed by atoms with Gasteiger partial charge in [-0.15, -0.1) is 6.58 Å². The van der Waals surface area contributed by atoms with Crippen molar-refractivity contribution in [3.63, 3.8) is 0 Å². The van der Waals surface area contributed by atoms with Crippen LogP contribution in [-0.2, 0) is 9.59 Å². The number of carbonyl (C=O) groups is 2. The molecule has 5 nitrogen and oxygen atoms in total. The zero-order valence-corrected chi connectivity index (χ0v) is 12.2. The average Bonchev–Trinajstić information content (AvgIpc) is 2.45. The number of rotatable bonds is 7. The SMILES string of the molecule is C=CCC(NC(=O)/C=C/c1ccc(N(C)C)cc1)C(=O)O. The highest BCUT2D eigenvalue weighted by Crippen LogP contribution is 2.13. The predicted molar refractivity (Wildman–Crippen MR) is 84.2 cm³/mol. The van der Waals surface area contributed by atoms with Gasteiger partial charge in [0.25, 0.3) is 0 Å². The Bertz CT molecular complexity index is 533. The molecule has 5 heteroatoms. The Morgan fingerprint density at radius 3 is 2.43 bits per heavy atom. The largest absolute Gasteiger partial charge is 0.480 e. The van der Waals surface area contributed by atoms with Gasteiger partial charge in [-0.1, -0.05) is 18.2 Å². The smallest absolute Gasteiger partial charge is 0.326 e. The highest BCUT2D eigenvalue weighted by Gasteiger charge is 2.16. The molecule has 0 saturated carbocycles. The third kappa shape index (κ3) is 5.52. The molecule has 0 heterocycles. The van der Waals surface area contributed by atoms with E-state index in [0.29, 0.717) is 0 Å². The summed E-state index contributed by atoms with van der Waals surface area (Å²) in [4.78, 5) is 24.6. The predicted octanol–water partition coefficient (Wildman–Crippen LogP) is 1.91. The first-order chi connectivity index (χ1) is 9.93. The molecule has 1 atom stereocenters. The van der Waals surface area contributed by atoms with E-state index in [1.165, 1.54) is 12.2 Å². The summed E-state index contributed by atoms with van der Waals surface area (Å²) in [7, 11) is 3.90. The zero-order chi connectivity index (χ0) is 15.8. The normalized spacial score (nSPS) is 11.9. The van der Waals surface area contributed by atoms with Crippen molar-refractivity contribution in [3.05, 3.63) is 48.6 Å². The Kier molecular flexibility index (Phi) is 6.20. The maximum absolute atomic E-state index is 11.7. The van der Waals surface area contributed by atoms with Crippen LogP contribution in [0, 0.1) is 0 Å². The topological polar surface area (TPSA) is 69.6 Å². The molecule has 21 heavy (non-hydrogen) atoms. The maximum Gasteiger partial charge on any atom is 0.326 e. The van der Waals surface area contributed by atoms with Gasteiger partial charge in [-0.3, -0.25) is 4.79 Å². The summed E-state index contributed by atoms with van der Waals surface area (Å²) >= 11 is 0. The number of amides is 1. The molecule has 0 radical (unpaired) electrons. The molecule has 1 unspecified atom stereocenters. The fraction of sp³-hybridized carbons (Fsp3) is 0.250. The van der Waals surface area contributed by atoms with Gasteiger partial charge < -0.3 is 15.3 Å². The Morgan fingerprint density at radius 2 is 1.95 bits per heavy atom. The Hall–Kier alpha value is -2.56.